The fraction of sp³-hybridized carbons (Fsp3) is 0.458. The van der Waals surface area contributed by atoms with Crippen molar-refractivity contribution in [3.63, 3.8) is 0 Å². The fourth-order valence-corrected chi connectivity index (χ4v) is 5.19. The Morgan fingerprint density at radius 2 is 1.69 bits per heavy atom. The normalized spacial score (nSPS) is 11.7. The van der Waals surface area contributed by atoms with Crippen molar-refractivity contribution < 1.29 is 17.9 Å². The Balaban J connectivity index is 2.07. The quantitative estimate of drug-likeness (QED) is 0.372. The van der Waals surface area contributed by atoms with E-state index in [2.05, 4.69) is 35.1 Å². The second-order valence-corrected chi connectivity index (χ2v) is 10.9. The van der Waals surface area contributed by atoms with E-state index in [1.54, 1.807) is 30.3 Å². The number of rotatable bonds is 12. The molecule has 0 aliphatic carbocycles. The van der Waals surface area contributed by atoms with E-state index in [1.807, 2.05) is 13.8 Å². The van der Waals surface area contributed by atoms with E-state index >= 15 is 0 Å². The predicted molar refractivity (Wildman–Crippen MR) is 133 cm³/mol. The molecular weight excluding hydrogens is 492 g/mol. The predicted octanol–water partition coefficient (Wildman–Crippen LogP) is 5.94. The summed E-state index contributed by atoms with van der Waals surface area (Å²) in [5, 5.41) is 2.81. The van der Waals surface area contributed by atoms with E-state index in [4.69, 9.17) is 4.74 Å². The van der Waals surface area contributed by atoms with Crippen molar-refractivity contribution in [1.82, 2.24) is 4.31 Å². The third-order valence-corrected chi connectivity index (χ3v) is 7.38. The molecule has 0 aliphatic rings. The molecule has 2 rings (SSSR count). The Morgan fingerprint density at radius 3 is 2.22 bits per heavy atom. The molecule has 6 nitrogen and oxygen atoms in total. The average molecular weight is 526 g/mol. The van der Waals surface area contributed by atoms with Gasteiger partial charge >= 0.3 is 0 Å². The van der Waals surface area contributed by atoms with Gasteiger partial charge < -0.3 is 10.1 Å². The van der Waals surface area contributed by atoms with Gasteiger partial charge in [-0.25, -0.2) is 8.42 Å². The summed E-state index contributed by atoms with van der Waals surface area (Å²) in [6.45, 7) is 9.78. The highest BCUT2D eigenvalue weighted by atomic mass is 79.9. The van der Waals surface area contributed by atoms with Crippen molar-refractivity contribution in [2.75, 3.05) is 25.0 Å². The molecule has 32 heavy (non-hydrogen) atoms. The van der Waals surface area contributed by atoms with E-state index in [-0.39, 0.29) is 10.8 Å². The van der Waals surface area contributed by atoms with Gasteiger partial charge in [-0.3, -0.25) is 4.79 Å². The lowest BCUT2D eigenvalue weighted by atomic mass is 10.1. The van der Waals surface area contributed by atoms with Crippen LogP contribution in [-0.4, -0.2) is 38.3 Å². The summed E-state index contributed by atoms with van der Waals surface area (Å²) in [4.78, 5) is 12.9. The Kier molecular flexibility index (Phi) is 10.2. The first kappa shape index (κ1) is 26.4. The molecule has 2 aromatic rings. The number of ether oxygens (including phenoxy) is 1. The van der Waals surface area contributed by atoms with Gasteiger partial charge in [-0.2, -0.15) is 4.31 Å². The van der Waals surface area contributed by atoms with Crippen molar-refractivity contribution in [3.05, 3.63) is 52.5 Å². The van der Waals surface area contributed by atoms with Gasteiger partial charge in [0.25, 0.3) is 5.91 Å². The second-order valence-electron chi connectivity index (χ2n) is 8.06. The third kappa shape index (κ3) is 7.32. The van der Waals surface area contributed by atoms with Crippen LogP contribution in [-0.2, 0) is 10.0 Å². The maximum Gasteiger partial charge on any atom is 0.255 e. The van der Waals surface area contributed by atoms with Gasteiger partial charge in [0, 0.05) is 24.3 Å². The van der Waals surface area contributed by atoms with E-state index in [0.717, 1.165) is 19.3 Å². The number of nitrogens with one attached hydrogen (secondary N) is 1. The van der Waals surface area contributed by atoms with Gasteiger partial charge in [-0.05, 0) is 83.6 Å². The van der Waals surface area contributed by atoms with Crippen molar-refractivity contribution in [3.8, 4) is 5.75 Å². The first-order valence-corrected chi connectivity index (χ1v) is 13.3. The molecule has 0 bridgehead atoms. The van der Waals surface area contributed by atoms with Crippen molar-refractivity contribution in [1.29, 1.82) is 0 Å². The summed E-state index contributed by atoms with van der Waals surface area (Å²) in [6, 6.07) is 11.5. The number of sulfonamides is 1. The first-order chi connectivity index (χ1) is 15.2. The molecule has 8 heteroatoms. The minimum absolute atomic E-state index is 0.225. The molecule has 0 saturated heterocycles. The largest absolute Gasteiger partial charge is 0.492 e. The highest BCUT2D eigenvalue weighted by Crippen LogP contribution is 2.27. The summed E-state index contributed by atoms with van der Waals surface area (Å²) in [5.74, 6) is 0.968. The Bertz CT molecular complexity index is 986. The van der Waals surface area contributed by atoms with Crippen LogP contribution in [0.2, 0.25) is 0 Å². The van der Waals surface area contributed by atoms with Gasteiger partial charge in [-0.15, -0.1) is 0 Å². The first-order valence-electron chi connectivity index (χ1n) is 11.0. The van der Waals surface area contributed by atoms with Gasteiger partial charge in [0.05, 0.1) is 16.0 Å². The van der Waals surface area contributed by atoms with E-state index in [0.29, 0.717) is 47.1 Å². The molecule has 1 amide bonds. The minimum Gasteiger partial charge on any atom is -0.492 e. The summed E-state index contributed by atoms with van der Waals surface area (Å²) < 4.78 is 33.7. The second kappa shape index (κ2) is 12.4. The molecule has 0 atom stereocenters. The topological polar surface area (TPSA) is 75.7 Å². The zero-order valence-corrected chi connectivity index (χ0v) is 21.6. The average Bonchev–Trinajstić information content (AvgIpc) is 2.74. The van der Waals surface area contributed by atoms with Crippen LogP contribution in [0.25, 0.3) is 0 Å². The minimum atomic E-state index is -3.55. The molecule has 0 unspecified atom stereocenters. The zero-order valence-electron chi connectivity index (χ0n) is 19.2. The lowest BCUT2D eigenvalue weighted by Crippen LogP contribution is -2.32. The van der Waals surface area contributed by atoms with Crippen LogP contribution in [0.4, 0.5) is 5.69 Å². The summed E-state index contributed by atoms with van der Waals surface area (Å²) >= 11 is 3.46. The number of anilines is 1. The summed E-state index contributed by atoms with van der Waals surface area (Å²) in [6.07, 6.45) is 2.46. The van der Waals surface area contributed by atoms with E-state index in [9.17, 15) is 13.2 Å². The fourth-order valence-electron chi connectivity index (χ4n) is 3.08. The molecule has 176 valence electrons. The SMILES string of the molecule is CCCN(CCC)S(=O)(=O)c1ccc(NC(=O)c2ccc(OCCC(C)C)c(Br)c2)cc1. The van der Waals surface area contributed by atoms with Crippen molar-refractivity contribution in [2.45, 2.75) is 51.9 Å². The molecule has 2 aromatic carbocycles. The number of hydrogen-bond donors (Lipinski definition) is 1. The van der Waals surface area contributed by atoms with Crippen LogP contribution in [0.1, 0.15) is 57.3 Å². The maximum atomic E-state index is 12.9. The van der Waals surface area contributed by atoms with Crippen LogP contribution < -0.4 is 10.1 Å². The highest BCUT2D eigenvalue weighted by molar-refractivity contribution is 9.10. The Labute approximate surface area is 200 Å². The van der Waals surface area contributed by atoms with Crippen LogP contribution >= 0.6 is 15.9 Å². The summed E-state index contributed by atoms with van der Waals surface area (Å²) in [7, 11) is -3.55. The van der Waals surface area contributed by atoms with Gasteiger partial charge in [0.15, 0.2) is 0 Å². The molecule has 0 radical (unpaired) electrons. The van der Waals surface area contributed by atoms with Crippen LogP contribution in [0.5, 0.6) is 5.75 Å². The smallest absolute Gasteiger partial charge is 0.255 e. The van der Waals surface area contributed by atoms with Crippen LogP contribution in [0.3, 0.4) is 0 Å². The molecule has 1 N–H and O–H groups in total. The van der Waals surface area contributed by atoms with E-state index in [1.165, 1.54) is 16.4 Å². The van der Waals surface area contributed by atoms with Crippen LogP contribution in [0.15, 0.2) is 51.8 Å². The van der Waals surface area contributed by atoms with Gasteiger partial charge in [0.2, 0.25) is 10.0 Å². The molecule has 0 saturated carbocycles. The number of benzene rings is 2. The standard InChI is InChI=1S/C24H33BrN2O4S/c1-5-14-27(15-6-2)32(29,30)21-10-8-20(9-11-21)26-24(28)19-7-12-23(22(25)17-19)31-16-13-18(3)4/h7-12,17-18H,5-6,13-16H2,1-4H3,(H,26,28). The molecule has 0 aliphatic heterocycles. The maximum absolute atomic E-state index is 12.9. The lowest BCUT2D eigenvalue weighted by Gasteiger charge is -2.21. The Hall–Kier alpha value is -1.90. The number of nitrogens with zero attached hydrogens (tertiary/aromatic N) is 1. The van der Waals surface area contributed by atoms with Crippen molar-refractivity contribution >= 4 is 37.5 Å². The molecule has 0 spiro atoms. The molecule has 0 aromatic heterocycles. The number of hydrogen-bond acceptors (Lipinski definition) is 4. The number of carbonyl (C=O) groups is 1. The number of amides is 1. The Morgan fingerprint density at radius 1 is 1.06 bits per heavy atom. The molecule has 0 heterocycles. The highest BCUT2D eigenvalue weighted by Gasteiger charge is 2.23. The van der Waals surface area contributed by atoms with Crippen molar-refractivity contribution in [2.24, 2.45) is 5.92 Å². The molecule has 0 fully saturated rings. The van der Waals surface area contributed by atoms with E-state index < -0.39 is 10.0 Å². The monoisotopic (exact) mass is 524 g/mol. The van der Waals surface area contributed by atoms with Gasteiger partial charge in [0.1, 0.15) is 5.75 Å². The third-order valence-electron chi connectivity index (χ3n) is 4.84. The molecular formula is C24H33BrN2O4S. The van der Waals surface area contributed by atoms with Crippen LogP contribution in [0, 0.1) is 5.92 Å². The summed E-state index contributed by atoms with van der Waals surface area (Å²) in [5.41, 5.74) is 1.00. The van der Waals surface area contributed by atoms with Gasteiger partial charge in [-0.1, -0.05) is 27.7 Å². The lowest BCUT2D eigenvalue weighted by molar-refractivity contribution is 0.102. The zero-order chi connectivity index (χ0) is 23.7. The number of carbonyl (C=O) groups excluding carboxylic acids is 1. The number of halogens is 1.